The number of hydrogen-bond donors (Lipinski definition) is 11. The summed E-state index contributed by atoms with van der Waals surface area (Å²) in [7, 11) is -4.23. The highest BCUT2D eigenvalue weighted by atomic mass is 32.2. The molecule has 0 bridgehead atoms. The standard InChI is InChI=1S/C49H72N12O13S/c1-32-22-33(2)46(34(3)23-32)75(73,74)56-40(35(4)64)27-53-47(71)38-28-61(41-24-36(6-7-37(41)45(38)70)26-54-49-51-10-11-52-49)12-5-9-50-48(72)39(25-43(66)67)55-42(65)8-13-57-14-16-58(29-44(68)69)17-19-60(31-63)21-20-59(30-62)18-15-57/h6-7,10-11,22-24,28,39-40,43,56,62-63,66-67H,5,8-9,12-21,25-27,29-31H2,1-4H3,(H,50,72)(H,53,71)(H,55,65)(H,68,69)(H2,51,52,54)/t39-,40?/m0/s1. The van der Waals surface area contributed by atoms with Gasteiger partial charge < -0.3 is 61.3 Å². The molecule has 11 N–H and O–H groups in total. The molecule has 2 atom stereocenters. The lowest BCUT2D eigenvalue weighted by atomic mass is 10.1. The number of hydrogen-bond acceptors (Lipinski definition) is 18. The third kappa shape index (κ3) is 18.3. The number of nitrogens with one attached hydrogen (secondary N) is 6. The van der Waals surface area contributed by atoms with Crippen molar-refractivity contribution in [3.8, 4) is 0 Å². The fourth-order valence-electron chi connectivity index (χ4n) is 8.82. The van der Waals surface area contributed by atoms with Gasteiger partial charge in [0.05, 0.1) is 36.5 Å². The first-order valence-corrected chi connectivity index (χ1v) is 26.2. The number of aliphatic hydroxyl groups excluding tert-OH is 3. The second kappa shape index (κ2) is 28.6. The summed E-state index contributed by atoms with van der Waals surface area (Å²) in [5.74, 6) is -3.21. The van der Waals surface area contributed by atoms with Crippen molar-refractivity contribution in [3.63, 3.8) is 0 Å². The molecule has 1 saturated heterocycles. The van der Waals surface area contributed by atoms with Gasteiger partial charge in [0.2, 0.25) is 27.3 Å². The van der Waals surface area contributed by atoms with Crippen molar-refractivity contribution >= 4 is 56.3 Å². The summed E-state index contributed by atoms with van der Waals surface area (Å²) in [5.41, 5.74) is 2.08. The first-order valence-electron chi connectivity index (χ1n) is 24.7. The molecule has 26 heteroatoms. The smallest absolute Gasteiger partial charge is 0.317 e. The summed E-state index contributed by atoms with van der Waals surface area (Å²) in [6, 6.07) is 5.73. The Balaban J connectivity index is 1.27. The second-order valence-electron chi connectivity index (χ2n) is 18.7. The summed E-state index contributed by atoms with van der Waals surface area (Å²) in [4.78, 5) is 93.5. The number of aryl methyl sites for hydroxylation is 4. The van der Waals surface area contributed by atoms with Crippen LogP contribution in [0.1, 0.15) is 58.8 Å². The van der Waals surface area contributed by atoms with Crippen LogP contribution in [-0.4, -0.2) is 208 Å². The number of carboxylic acids is 1. The van der Waals surface area contributed by atoms with Gasteiger partial charge in [-0.05, 0) is 62.9 Å². The Labute approximate surface area is 435 Å². The normalized spacial score (nSPS) is 15.7. The summed E-state index contributed by atoms with van der Waals surface area (Å²) >= 11 is 0. The highest BCUT2D eigenvalue weighted by Gasteiger charge is 2.28. The van der Waals surface area contributed by atoms with E-state index in [1.165, 1.54) is 13.1 Å². The maximum Gasteiger partial charge on any atom is 0.317 e. The number of aromatic nitrogens is 3. The number of amides is 3. The van der Waals surface area contributed by atoms with E-state index in [1.807, 2.05) is 11.8 Å². The number of rotatable bonds is 25. The molecule has 3 heterocycles. The Hall–Kier alpha value is -6.20. The summed E-state index contributed by atoms with van der Waals surface area (Å²) in [6.45, 7) is 8.94. The number of Topliss-reactive ketones (excluding diaryl/α,β-unsaturated/α-hetero) is 1. The van der Waals surface area contributed by atoms with Crippen LogP contribution in [0.3, 0.4) is 0 Å². The van der Waals surface area contributed by atoms with E-state index in [9.17, 15) is 62.7 Å². The molecule has 1 unspecified atom stereocenters. The largest absolute Gasteiger partial charge is 0.480 e. The lowest BCUT2D eigenvalue weighted by Crippen LogP contribution is -2.50. The average Bonchev–Trinajstić information content (AvgIpc) is 3.87. The van der Waals surface area contributed by atoms with Gasteiger partial charge >= 0.3 is 5.97 Å². The van der Waals surface area contributed by atoms with Crippen LogP contribution in [0.4, 0.5) is 5.95 Å². The zero-order valence-electron chi connectivity index (χ0n) is 42.9. The monoisotopic (exact) mass is 1070 g/mol. The number of fused-ring (bicyclic) bond motifs is 1. The van der Waals surface area contributed by atoms with E-state index < -0.39 is 76.3 Å². The number of ketones is 1. The number of carbonyl (C=O) groups is 5. The number of carboxylic acid groups (broad SMARTS) is 1. The van der Waals surface area contributed by atoms with Gasteiger partial charge in [0.1, 0.15) is 17.4 Å². The van der Waals surface area contributed by atoms with E-state index in [1.54, 1.807) is 75.8 Å². The Bertz CT molecular complexity index is 2730. The minimum Gasteiger partial charge on any atom is -0.480 e. The number of aliphatic hydroxyl groups is 4. The number of imidazole rings is 1. The van der Waals surface area contributed by atoms with Crippen molar-refractivity contribution in [3.05, 3.63) is 87.0 Å². The predicted octanol–water partition coefficient (Wildman–Crippen LogP) is -1.78. The number of aromatic amines is 1. The lowest BCUT2D eigenvalue weighted by Gasteiger charge is -2.32. The molecule has 3 amide bonds. The Morgan fingerprint density at radius 1 is 0.827 bits per heavy atom. The van der Waals surface area contributed by atoms with Crippen molar-refractivity contribution in [2.24, 2.45) is 0 Å². The molecule has 2 aromatic heterocycles. The Kier molecular flexibility index (Phi) is 22.8. The third-order valence-electron chi connectivity index (χ3n) is 12.8. The first-order chi connectivity index (χ1) is 35.7. The second-order valence-corrected chi connectivity index (χ2v) is 20.3. The van der Waals surface area contributed by atoms with Crippen LogP contribution >= 0.6 is 0 Å². The molecule has 2 aromatic carbocycles. The average molecular weight is 1070 g/mol. The fourth-order valence-corrected chi connectivity index (χ4v) is 10.5. The Morgan fingerprint density at radius 3 is 2.03 bits per heavy atom. The summed E-state index contributed by atoms with van der Waals surface area (Å²) in [6.07, 6.45) is 2.20. The number of H-pyrrole nitrogens is 1. The van der Waals surface area contributed by atoms with Gasteiger partial charge in [0, 0.05) is 122 Å². The zero-order valence-corrected chi connectivity index (χ0v) is 43.7. The summed E-state index contributed by atoms with van der Waals surface area (Å²) < 4.78 is 31.2. The van der Waals surface area contributed by atoms with E-state index in [0.29, 0.717) is 81.5 Å². The molecule has 5 rings (SSSR count). The number of pyridine rings is 1. The van der Waals surface area contributed by atoms with Crippen LogP contribution in [0.15, 0.2) is 58.6 Å². The van der Waals surface area contributed by atoms with Crippen molar-refractivity contribution in [2.75, 3.05) is 97.3 Å². The van der Waals surface area contributed by atoms with Crippen LogP contribution in [0.2, 0.25) is 0 Å². The molecule has 0 aliphatic carbocycles. The summed E-state index contributed by atoms with van der Waals surface area (Å²) in [5, 5.41) is 60.3. The third-order valence-corrected chi connectivity index (χ3v) is 14.6. The predicted molar refractivity (Wildman–Crippen MR) is 277 cm³/mol. The number of nitrogens with zero attached hydrogens (tertiary/aromatic N) is 6. The van der Waals surface area contributed by atoms with E-state index in [0.717, 1.165) is 11.1 Å². The quantitative estimate of drug-likeness (QED) is 0.0258. The highest BCUT2D eigenvalue weighted by Crippen LogP contribution is 2.22. The Morgan fingerprint density at radius 2 is 1.45 bits per heavy atom. The molecule has 25 nitrogen and oxygen atoms in total. The molecule has 1 aliphatic heterocycles. The molecular weight excluding hydrogens is 997 g/mol. The molecule has 0 saturated carbocycles. The van der Waals surface area contributed by atoms with E-state index in [4.69, 9.17) is 0 Å². The minimum absolute atomic E-state index is 0.0000253. The molecule has 1 aliphatic rings. The number of sulfonamides is 1. The number of aliphatic carboxylic acids is 1. The van der Waals surface area contributed by atoms with Crippen molar-refractivity contribution in [1.82, 2.24) is 54.8 Å². The lowest BCUT2D eigenvalue weighted by molar-refractivity contribution is -0.138. The van der Waals surface area contributed by atoms with Crippen LogP contribution in [0.5, 0.6) is 0 Å². The van der Waals surface area contributed by atoms with Crippen LogP contribution in [0, 0.1) is 20.8 Å². The molecule has 0 spiro atoms. The molecule has 0 radical (unpaired) electrons. The van der Waals surface area contributed by atoms with Crippen LogP contribution in [-0.2, 0) is 42.3 Å². The van der Waals surface area contributed by atoms with Crippen molar-refractivity contribution in [2.45, 2.75) is 83.3 Å². The van der Waals surface area contributed by atoms with Crippen molar-refractivity contribution < 1.29 is 57.9 Å². The molecule has 1 fully saturated rings. The molecule has 4 aromatic rings. The van der Waals surface area contributed by atoms with Gasteiger partial charge in [-0.1, -0.05) is 23.8 Å². The van der Waals surface area contributed by atoms with Gasteiger partial charge in [-0.3, -0.25) is 43.5 Å². The van der Waals surface area contributed by atoms with Gasteiger partial charge in [-0.15, -0.1) is 0 Å². The van der Waals surface area contributed by atoms with Crippen LogP contribution in [0.25, 0.3) is 10.9 Å². The number of benzene rings is 2. The fraction of sp³-hybridized carbons (Fsp3) is 0.531. The van der Waals surface area contributed by atoms with Crippen molar-refractivity contribution in [1.29, 1.82) is 0 Å². The molecule has 75 heavy (non-hydrogen) atoms. The SMILES string of the molecule is CC(=O)C(CNC(=O)c1cn(CCCNC(=O)[C@H](CC(O)O)NC(=O)CCN2CCN(CO)CCN(CO)CCN(CC(=O)O)CC2)c2cc(CNc3ncc[nH]3)ccc2c1=O)NS(=O)(=O)c1c(C)cc(C)cc1C. The van der Waals surface area contributed by atoms with Gasteiger partial charge in [-0.25, -0.2) is 13.4 Å². The zero-order chi connectivity index (χ0) is 54.8. The maximum atomic E-state index is 14.0. The highest BCUT2D eigenvalue weighted by molar-refractivity contribution is 7.89. The minimum atomic E-state index is -4.23. The first kappa shape index (κ1) is 59.7. The van der Waals surface area contributed by atoms with E-state index in [2.05, 4.69) is 36.0 Å². The number of anilines is 1. The topological polar surface area (TPSA) is 344 Å². The van der Waals surface area contributed by atoms with E-state index in [-0.39, 0.29) is 68.3 Å². The molecular formula is C49H72N12O13S. The van der Waals surface area contributed by atoms with E-state index >= 15 is 0 Å². The maximum absolute atomic E-state index is 14.0. The van der Waals surface area contributed by atoms with Crippen LogP contribution < -0.4 is 31.4 Å². The van der Waals surface area contributed by atoms with Gasteiger partial charge in [0.25, 0.3) is 5.91 Å². The molecule has 412 valence electrons. The van der Waals surface area contributed by atoms with Gasteiger partial charge in [-0.2, -0.15) is 4.72 Å². The number of carbonyl (C=O) groups excluding carboxylic acids is 4. The van der Waals surface area contributed by atoms with Gasteiger partial charge in [0.15, 0.2) is 12.2 Å².